The van der Waals surface area contributed by atoms with Gasteiger partial charge in [0, 0.05) is 6.20 Å². The predicted octanol–water partition coefficient (Wildman–Crippen LogP) is 2.50. The summed E-state index contributed by atoms with van der Waals surface area (Å²) in [6, 6.07) is 17.3. The van der Waals surface area contributed by atoms with Gasteiger partial charge in [0.15, 0.2) is 0 Å². The molecule has 1 amide bonds. The highest BCUT2D eigenvalue weighted by Crippen LogP contribution is 2.25. The molecule has 1 N–H and O–H groups in total. The van der Waals surface area contributed by atoms with Crippen LogP contribution in [0.4, 0.5) is 0 Å². The van der Waals surface area contributed by atoms with Crippen molar-refractivity contribution in [2.75, 3.05) is 7.11 Å². The van der Waals surface area contributed by atoms with Gasteiger partial charge in [0.25, 0.3) is 0 Å². The summed E-state index contributed by atoms with van der Waals surface area (Å²) < 4.78 is 6.84. The molecule has 128 valence electrons. The first-order chi connectivity index (χ1) is 12.2. The van der Waals surface area contributed by atoms with Crippen LogP contribution in [0.3, 0.4) is 0 Å². The number of nitrogens with one attached hydrogen (secondary N) is 1. The topological polar surface area (TPSA) is 69.0 Å². The molecule has 0 saturated carbocycles. The van der Waals surface area contributed by atoms with Crippen molar-refractivity contribution in [1.29, 1.82) is 0 Å². The van der Waals surface area contributed by atoms with E-state index in [0.29, 0.717) is 0 Å². The van der Waals surface area contributed by atoms with Gasteiger partial charge in [-0.25, -0.2) is 4.68 Å². The molecular weight excluding hydrogens is 316 g/mol. The lowest BCUT2D eigenvalue weighted by molar-refractivity contribution is -0.122. The van der Waals surface area contributed by atoms with Gasteiger partial charge in [0.2, 0.25) is 5.91 Å². The Labute approximate surface area is 146 Å². The number of aromatic nitrogens is 3. The van der Waals surface area contributed by atoms with Crippen LogP contribution in [0.1, 0.15) is 22.9 Å². The lowest BCUT2D eigenvalue weighted by Gasteiger charge is -2.20. The van der Waals surface area contributed by atoms with E-state index in [1.165, 1.54) is 4.68 Å². The number of hydrogen-bond acceptors (Lipinski definition) is 4. The van der Waals surface area contributed by atoms with Crippen LogP contribution in [0.2, 0.25) is 0 Å². The van der Waals surface area contributed by atoms with Gasteiger partial charge < -0.3 is 10.1 Å². The van der Waals surface area contributed by atoms with Gasteiger partial charge in [0.1, 0.15) is 12.3 Å². The van der Waals surface area contributed by atoms with Crippen molar-refractivity contribution < 1.29 is 9.53 Å². The van der Waals surface area contributed by atoms with Gasteiger partial charge in [-0.3, -0.25) is 4.79 Å². The zero-order valence-electron chi connectivity index (χ0n) is 14.2. The molecule has 6 nitrogen and oxygen atoms in total. The monoisotopic (exact) mass is 336 g/mol. The number of nitrogens with zero attached hydrogens (tertiary/aromatic N) is 3. The van der Waals surface area contributed by atoms with E-state index in [1.54, 1.807) is 13.3 Å². The zero-order valence-corrected chi connectivity index (χ0v) is 14.2. The highest BCUT2D eigenvalue weighted by atomic mass is 16.5. The van der Waals surface area contributed by atoms with E-state index in [4.69, 9.17) is 4.74 Å². The van der Waals surface area contributed by atoms with Crippen molar-refractivity contribution >= 4 is 5.91 Å². The summed E-state index contributed by atoms with van der Waals surface area (Å²) in [4.78, 5) is 12.5. The van der Waals surface area contributed by atoms with E-state index in [9.17, 15) is 4.79 Å². The molecule has 0 aliphatic carbocycles. The van der Waals surface area contributed by atoms with Crippen LogP contribution < -0.4 is 10.1 Å². The average molecular weight is 336 g/mol. The lowest BCUT2D eigenvalue weighted by atomic mass is 9.98. The van der Waals surface area contributed by atoms with Crippen molar-refractivity contribution in [2.45, 2.75) is 19.5 Å². The number of methoxy groups -OCH3 is 1. The number of aryl methyl sites for hydroxylation is 1. The fraction of sp³-hybridized carbons (Fsp3) is 0.211. The molecule has 0 radical (unpaired) electrons. The summed E-state index contributed by atoms with van der Waals surface area (Å²) >= 11 is 0. The Kier molecular flexibility index (Phi) is 5.09. The van der Waals surface area contributed by atoms with E-state index in [1.807, 2.05) is 61.5 Å². The Morgan fingerprint density at radius 2 is 1.92 bits per heavy atom. The summed E-state index contributed by atoms with van der Waals surface area (Å²) in [5, 5.41) is 10.9. The van der Waals surface area contributed by atoms with Gasteiger partial charge in [-0.1, -0.05) is 47.7 Å². The second-order valence-corrected chi connectivity index (χ2v) is 5.75. The van der Waals surface area contributed by atoms with E-state index in [0.717, 1.165) is 22.6 Å². The van der Waals surface area contributed by atoms with Crippen molar-refractivity contribution in [3.63, 3.8) is 0 Å². The third-order valence-corrected chi connectivity index (χ3v) is 3.82. The maximum absolute atomic E-state index is 12.5. The van der Waals surface area contributed by atoms with Crippen LogP contribution in [-0.4, -0.2) is 28.0 Å². The Bertz CT molecular complexity index is 845. The Balaban J connectivity index is 1.84. The van der Waals surface area contributed by atoms with Crippen LogP contribution in [-0.2, 0) is 11.3 Å². The number of benzene rings is 2. The third-order valence-electron chi connectivity index (χ3n) is 3.82. The van der Waals surface area contributed by atoms with Gasteiger partial charge >= 0.3 is 0 Å². The Morgan fingerprint density at radius 1 is 1.16 bits per heavy atom. The van der Waals surface area contributed by atoms with E-state index < -0.39 is 0 Å². The molecule has 3 rings (SSSR count). The van der Waals surface area contributed by atoms with Crippen LogP contribution in [0.5, 0.6) is 5.75 Å². The molecule has 0 fully saturated rings. The maximum atomic E-state index is 12.5. The number of rotatable bonds is 6. The van der Waals surface area contributed by atoms with Gasteiger partial charge in [0.05, 0.1) is 18.8 Å². The van der Waals surface area contributed by atoms with E-state index in [-0.39, 0.29) is 18.5 Å². The molecule has 0 unspecified atom stereocenters. The zero-order chi connectivity index (χ0) is 17.6. The van der Waals surface area contributed by atoms with Crippen molar-refractivity contribution in [1.82, 2.24) is 20.3 Å². The van der Waals surface area contributed by atoms with Crippen LogP contribution >= 0.6 is 0 Å². The molecule has 0 saturated heterocycles. The molecule has 0 spiro atoms. The fourth-order valence-electron chi connectivity index (χ4n) is 2.65. The molecule has 1 aromatic heterocycles. The summed E-state index contributed by atoms with van der Waals surface area (Å²) in [6.07, 6.45) is 1.74. The molecule has 1 atom stereocenters. The highest BCUT2D eigenvalue weighted by molar-refractivity contribution is 5.76. The van der Waals surface area contributed by atoms with Crippen molar-refractivity contribution in [3.05, 3.63) is 77.6 Å². The van der Waals surface area contributed by atoms with Gasteiger partial charge in [-0.05, 0) is 30.2 Å². The number of carbonyl (C=O) groups is 1. The quantitative estimate of drug-likeness (QED) is 0.751. The minimum absolute atomic E-state index is 0.119. The standard InChI is InChI=1S/C19H20N4O2/c1-14-12-23(22-21-14)13-18(24)20-19(15-7-4-3-5-8-15)16-9-6-10-17(11-16)25-2/h3-12,19H,13H2,1-2H3,(H,20,24)/t19-/m1/s1. The predicted molar refractivity (Wildman–Crippen MR) is 94.2 cm³/mol. The third kappa shape index (κ3) is 4.23. The van der Waals surface area contributed by atoms with Crippen molar-refractivity contribution in [3.8, 4) is 5.75 Å². The Hall–Kier alpha value is -3.15. The smallest absolute Gasteiger partial charge is 0.242 e. The minimum atomic E-state index is -0.270. The first-order valence-electron chi connectivity index (χ1n) is 8.00. The summed E-state index contributed by atoms with van der Waals surface area (Å²) in [5.41, 5.74) is 2.73. The van der Waals surface area contributed by atoms with Crippen LogP contribution in [0, 0.1) is 6.92 Å². The first kappa shape index (κ1) is 16.7. The Morgan fingerprint density at radius 3 is 2.60 bits per heavy atom. The number of ether oxygens (including phenoxy) is 1. The van der Waals surface area contributed by atoms with Crippen molar-refractivity contribution in [2.24, 2.45) is 0 Å². The largest absolute Gasteiger partial charge is 0.497 e. The molecule has 0 aliphatic rings. The molecule has 6 heteroatoms. The summed E-state index contributed by atoms with van der Waals surface area (Å²) in [6.45, 7) is 1.96. The summed E-state index contributed by atoms with van der Waals surface area (Å²) in [7, 11) is 1.63. The molecule has 25 heavy (non-hydrogen) atoms. The molecule has 2 aromatic carbocycles. The molecule has 0 bridgehead atoms. The SMILES string of the molecule is COc1cccc([C@H](NC(=O)Cn2cc(C)nn2)c2ccccc2)c1. The normalized spacial score (nSPS) is 11.8. The molecule has 1 heterocycles. The van der Waals surface area contributed by atoms with Crippen LogP contribution in [0.15, 0.2) is 60.8 Å². The highest BCUT2D eigenvalue weighted by Gasteiger charge is 2.18. The fourth-order valence-corrected chi connectivity index (χ4v) is 2.65. The number of amides is 1. The number of carbonyl (C=O) groups excluding carboxylic acids is 1. The second-order valence-electron chi connectivity index (χ2n) is 5.75. The molecule has 3 aromatic rings. The lowest BCUT2D eigenvalue weighted by Crippen LogP contribution is -2.32. The van der Waals surface area contributed by atoms with E-state index in [2.05, 4.69) is 15.6 Å². The minimum Gasteiger partial charge on any atom is -0.497 e. The average Bonchev–Trinajstić information content (AvgIpc) is 3.05. The molecule has 0 aliphatic heterocycles. The van der Waals surface area contributed by atoms with Gasteiger partial charge in [-0.2, -0.15) is 0 Å². The van der Waals surface area contributed by atoms with Crippen LogP contribution in [0.25, 0.3) is 0 Å². The first-order valence-corrected chi connectivity index (χ1v) is 8.00. The number of hydrogen-bond donors (Lipinski definition) is 1. The second kappa shape index (κ2) is 7.61. The van der Waals surface area contributed by atoms with E-state index >= 15 is 0 Å². The maximum Gasteiger partial charge on any atom is 0.242 e. The summed E-state index contributed by atoms with van der Waals surface area (Å²) in [5.74, 6) is 0.612. The molecular formula is C19H20N4O2. The van der Waals surface area contributed by atoms with Gasteiger partial charge in [-0.15, -0.1) is 5.10 Å².